The molecule has 1 aliphatic heterocycles. The van der Waals surface area contributed by atoms with Crippen molar-refractivity contribution < 1.29 is 8.83 Å². The second-order valence-corrected chi connectivity index (χ2v) is 13.4. The van der Waals surface area contributed by atoms with Crippen LogP contribution in [0.2, 0.25) is 0 Å². The summed E-state index contributed by atoms with van der Waals surface area (Å²) in [4.78, 5) is 10.7. The van der Waals surface area contributed by atoms with Gasteiger partial charge in [0, 0.05) is 38.2 Å². The number of hydrogen-bond donors (Lipinski definition) is 1. The number of nitrogens with one attached hydrogen (secondary N) is 1. The van der Waals surface area contributed by atoms with Crippen molar-refractivity contribution in [1.29, 1.82) is 0 Å². The summed E-state index contributed by atoms with van der Waals surface area (Å²) in [5, 5.41) is 12.7. The molecule has 8 aromatic carbocycles. The molecule has 0 spiro atoms. The van der Waals surface area contributed by atoms with Crippen molar-refractivity contribution in [3.63, 3.8) is 0 Å². The van der Waals surface area contributed by atoms with Crippen molar-refractivity contribution in [2.45, 2.75) is 6.17 Å². The molecule has 1 N–H and O–H groups in total. The lowest BCUT2D eigenvalue weighted by Crippen LogP contribution is -2.33. The van der Waals surface area contributed by atoms with Crippen molar-refractivity contribution in [3.8, 4) is 11.1 Å². The van der Waals surface area contributed by atoms with Crippen LogP contribution in [0.3, 0.4) is 0 Å². The van der Waals surface area contributed by atoms with Crippen LogP contribution in [0.25, 0.3) is 76.5 Å². The molecule has 0 amide bonds. The highest BCUT2D eigenvalue weighted by Crippen LogP contribution is 2.41. The van der Waals surface area contributed by atoms with Gasteiger partial charge in [-0.05, 0) is 63.0 Å². The molecule has 10 aromatic rings. The number of para-hydroxylation sites is 3. The first-order chi connectivity index (χ1) is 25.7. The molecule has 0 aliphatic carbocycles. The molecular formula is C47H29N3O2. The van der Waals surface area contributed by atoms with E-state index in [0.29, 0.717) is 5.84 Å². The van der Waals surface area contributed by atoms with Gasteiger partial charge in [-0.1, -0.05) is 133 Å². The normalized spacial score (nSPS) is 14.7. The van der Waals surface area contributed by atoms with E-state index in [1.54, 1.807) is 0 Å². The first kappa shape index (κ1) is 28.8. The third-order valence-corrected chi connectivity index (χ3v) is 10.3. The number of hydrogen-bond acceptors (Lipinski definition) is 5. The Bertz CT molecular complexity index is 3110. The molecule has 5 nitrogen and oxygen atoms in total. The van der Waals surface area contributed by atoms with Crippen molar-refractivity contribution in [2.24, 2.45) is 9.98 Å². The van der Waals surface area contributed by atoms with Crippen LogP contribution in [0.15, 0.2) is 183 Å². The second-order valence-electron chi connectivity index (χ2n) is 13.4. The average molecular weight is 668 g/mol. The fourth-order valence-electron chi connectivity index (χ4n) is 7.83. The molecule has 244 valence electrons. The average Bonchev–Trinajstić information content (AvgIpc) is 3.79. The van der Waals surface area contributed by atoms with Crippen LogP contribution in [-0.2, 0) is 0 Å². The van der Waals surface area contributed by atoms with Crippen LogP contribution in [0.1, 0.15) is 22.9 Å². The SMILES string of the molecule is c1ccc(C2=NC(c3cc(-c4cccc5c4oc4ccccc45)cc4oc5ccccc5c34)=NC(c3ccc4ccc5ccccc5c4c3)N2)cc1. The van der Waals surface area contributed by atoms with Gasteiger partial charge in [0.1, 0.15) is 34.3 Å². The smallest absolute Gasteiger partial charge is 0.160 e. The zero-order valence-electron chi connectivity index (χ0n) is 27.9. The van der Waals surface area contributed by atoms with E-state index in [9.17, 15) is 0 Å². The van der Waals surface area contributed by atoms with E-state index in [4.69, 9.17) is 18.8 Å². The third kappa shape index (κ3) is 4.49. The van der Waals surface area contributed by atoms with Crippen LogP contribution in [0.4, 0.5) is 0 Å². The maximum atomic E-state index is 6.58. The number of aliphatic imine (C=N–C) groups is 2. The standard InChI is InChI=1S/C47H29N3O2/c1-2-12-30(13-3-1)45-48-46(31-24-23-29-22-21-28-11-4-5-14-33(28)38(29)25-31)50-47(49-45)39-26-32(27-42-43(39)37-16-7-9-20-41(37)51-42)34-17-10-18-36-35-15-6-8-19-40(35)52-44(34)36/h1-27,46H,(H,48,49,50). The van der Waals surface area contributed by atoms with Gasteiger partial charge in [0.25, 0.3) is 0 Å². The highest BCUT2D eigenvalue weighted by atomic mass is 16.3. The molecule has 1 atom stereocenters. The fraction of sp³-hybridized carbons (Fsp3) is 0.0213. The second kappa shape index (κ2) is 11.3. The Morgan fingerprint density at radius 3 is 2.02 bits per heavy atom. The van der Waals surface area contributed by atoms with Crippen molar-refractivity contribution in [2.75, 3.05) is 0 Å². The predicted molar refractivity (Wildman–Crippen MR) is 213 cm³/mol. The van der Waals surface area contributed by atoms with Crippen LogP contribution >= 0.6 is 0 Å². The summed E-state index contributed by atoms with van der Waals surface area (Å²) < 4.78 is 13.1. The van der Waals surface area contributed by atoms with Crippen LogP contribution in [0, 0.1) is 0 Å². The Labute approximate surface area is 298 Å². The highest BCUT2D eigenvalue weighted by Gasteiger charge is 2.25. The summed E-state index contributed by atoms with van der Waals surface area (Å²) in [7, 11) is 0. The number of furan rings is 2. The molecule has 52 heavy (non-hydrogen) atoms. The minimum atomic E-state index is -0.387. The molecule has 1 aliphatic rings. The molecule has 1 unspecified atom stereocenters. The maximum absolute atomic E-state index is 6.58. The zero-order chi connectivity index (χ0) is 34.2. The first-order valence-corrected chi connectivity index (χ1v) is 17.5. The summed E-state index contributed by atoms with van der Waals surface area (Å²) in [5.41, 5.74) is 8.19. The molecule has 0 radical (unpaired) electrons. The summed E-state index contributed by atoms with van der Waals surface area (Å²) in [5.74, 6) is 1.40. The summed E-state index contributed by atoms with van der Waals surface area (Å²) in [6, 6.07) is 56.9. The molecule has 5 heteroatoms. The fourth-order valence-corrected chi connectivity index (χ4v) is 7.83. The predicted octanol–water partition coefficient (Wildman–Crippen LogP) is 12.0. The van der Waals surface area contributed by atoms with Gasteiger partial charge in [-0.3, -0.25) is 0 Å². The van der Waals surface area contributed by atoms with E-state index in [0.717, 1.165) is 77.5 Å². The van der Waals surface area contributed by atoms with Crippen molar-refractivity contribution in [1.82, 2.24) is 5.32 Å². The Morgan fingerprint density at radius 2 is 1.15 bits per heavy atom. The van der Waals surface area contributed by atoms with Gasteiger partial charge in [0.2, 0.25) is 0 Å². The number of amidine groups is 2. The van der Waals surface area contributed by atoms with E-state index in [-0.39, 0.29) is 6.17 Å². The lowest BCUT2D eigenvalue weighted by molar-refractivity contribution is 0.667. The van der Waals surface area contributed by atoms with E-state index >= 15 is 0 Å². The first-order valence-electron chi connectivity index (χ1n) is 17.5. The molecule has 2 aromatic heterocycles. The van der Waals surface area contributed by atoms with Crippen molar-refractivity contribution in [3.05, 3.63) is 180 Å². The van der Waals surface area contributed by atoms with Gasteiger partial charge < -0.3 is 14.2 Å². The third-order valence-electron chi connectivity index (χ3n) is 10.3. The molecule has 11 rings (SSSR count). The quantitative estimate of drug-likeness (QED) is 0.190. The number of benzene rings is 8. The van der Waals surface area contributed by atoms with Crippen LogP contribution in [-0.4, -0.2) is 11.7 Å². The maximum Gasteiger partial charge on any atom is 0.160 e. The number of nitrogens with zero attached hydrogens (tertiary/aromatic N) is 2. The summed E-state index contributed by atoms with van der Waals surface area (Å²) in [6.45, 7) is 0. The minimum absolute atomic E-state index is 0.387. The van der Waals surface area contributed by atoms with Crippen LogP contribution < -0.4 is 5.32 Å². The van der Waals surface area contributed by atoms with Crippen LogP contribution in [0.5, 0.6) is 0 Å². The largest absolute Gasteiger partial charge is 0.456 e. The molecule has 0 saturated heterocycles. The molecule has 3 heterocycles. The van der Waals surface area contributed by atoms with E-state index in [1.165, 1.54) is 21.5 Å². The molecular weight excluding hydrogens is 639 g/mol. The van der Waals surface area contributed by atoms with Gasteiger partial charge in [0.05, 0.1) is 0 Å². The lowest BCUT2D eigenvalue weighted by Gasteiger charge is -2.24. The topological polar surface area (TPSA) is 63.0 Å². The van der Waals surface area contributed by atoms with Gasteiger partial charge in [0.15, 0.2) is 5.84 Å². The van der Waals surface area contributed by atoms with Gasteiger partial charge in [-0.2, -0.15) is 0 Å². The zero-order valence-corrected chi connectivity index (χ0v) is 27.9. The number of fused-ring (bicyclic) bond motifs is 9. The molecule has 0 bridgehead atoms. The van der Waals surface area contributed by atoms with Gasteiger partial charge >= 0.3 is 0 Å². The monoisotopic (exact) mass is 667 g/mol. The Hall–Kier alpha value is -6.98. The Kier molecular flexibility index (Phi) is 6.25. The van der Waals surface area contributed by atoms with E-state index in [2.05, 4.69) is 127 Å². The summed E-state index contributed by atoms with van der Waals surface area (Å²) >= 11 is 0. The Balaban J connectivity index is 1.17. The Morgan fingerprint density at radius 1 is 0.462 bits per heavy atom. The van der Waals surface area contributed by atoms with Crippen molar-refractivity contribution >= 4 is 77.1 Å². The molecule has 0 fully saturated rings. The lowest BCUT2D eigenvalue weighted by atomic mass is 9.96. The van der Waals surface area contributed by atoms with Gasteiger partial charge in [-0.15, -0.1) is 0 Å². The molecule has 0 saturated carbocycles. The van der Waals surface area contributed by atoms with E-state index < -0.39 is 0 Å². The van der Waals surface area contributed by atoms with E-state index in [1.807, 2.05) is 42.5 Å². The van der Waals surface area contributed by atoms with Gasteiger partial charge in [-0.25, -0.2) is 9.98 Å². The summed E-state index contributed by atoms with van der Waals surface area (Å²) in [6.07, 6.45) is -0.387. The minimum Gasteiger partial charge on any atom is -0.456 e. The number of rotatable bonds is 4. The highest BCUT2D eigenvalue weighted by molar-refractivity contribution is 6.23.